The molecule has 1 atom stereocenters. The average molecular weight is 335 g/mol. The number of imidazole rings is 1. The summed E-state index contributed by atoms with van der Waals surface area (Å²) in [7, 11) is -3.07. The molecule has 1 unspecified atom stereocenters. The first-order chi connectivity index (χ1) is 9.31. The van der Waals surface area contributed by atoms with Gasteiger partial charge in [0.05, 0.1) is 16.8 Å². The first kappa shape index (κ1) is 15.6. The fraction of sp³-hybridized carbons (Fsp3) is 0.462. The highest BCUT2D eigenvalue weighted by Gasteiger charge is 2.19. The van der Waals surface area contributed by atoms with Gasteiger partial charge in [0.2, 0.25) is 0 Å². The van der Waals surface area contributed by atoms with Crippen LogP contribution >= 0.6 is 23.2 Å². The molecule has 110 valence electrons. The van der Waals surface area contributed by atoms with Crippen LogP contribution in [0.5, 0.6) is 0 Å². The smallest absolute Gasteiger partial charge is 0.149 e. The zero-order valence-corrected chi connectivity index (χ0v) is 13.6. The third-order valence-corrected chi connectivity index (χ3v) is 4.54. The maximum absolute atomic E-state index is 11.5. The number of hydrogen-bond acceptors (Lipinski definition) is 3. The number of fused-ring (bicyclic) bond motifs is 1. The van der Waals surface area contributed by atoms with E-state index >= 15 is 0 Å². The molecule has 0 bridgehead atoms. The fourth-order valence-electron chi connectivity index (χ4n) is 2.38. The maximum Gasteiger partial charge on any atom is 0.149 e. The molecule has 0 aliphatic carbocycles. The van der Waals surface area contributed by atoms with Crippen LogP contribution in [0.3, 0.4) is 0 Å². The van der Waals surface area contributed by atoms with Crippen molar-refractivity contribution in [3.8, 4) is 0 Å². The summed E-state index contributed by atoms with van der Waals surface area (Å²) in [5, 5.41) is 0.600. The zero-order chi connectivity index (χ0) is 14.9. The number of sulfone groups is 1. The lowest BCUT2D eigenvalue weighted by molar-refractivity contribution is 0.557. The van der Waals surface area contributed by atoms with Crippen molar-refractivity contribution in [2.75, 3.05) is 17.9 Å². The van der Waals surface area contributed by atoms with Crippen LogP contribution in [0.25, 0.3) is 11.0 Å². The molecule has 4 nitrogen and oxygen atoms in total. The van der Waals surface area contributed by atoms with Gasteiger partial charge >= 0.3 is 0 Å². The summed E-state index contributed by atoms with van der Waals surface area (Å²) in [5.74, 6) is 1.27. The van der Waals surface area contributed by atoms with Gasteiger partial charge in [0.1, 0.15) is 15.7 Å². The molecule has 0 amide bonds. The Kier molecular flexibility index (Phi) is 4.62. The standard InChI is InChI=1S/C13H16Cl2N2O2S/c1-9(8-20(2,18)19)17-12-7-10(15)3-4-11(12)16-13(17)5-6-14/h3-4,7,9H,5-6,8H2,1-2H3. The Balaban J connectivity index is 2.57. The molecule has 0 N–H and O–H groups in total. The summed E-state index contributed by atoms with van der Waals surface area (Å²) in [6, 6.07) is 5.19. The normalized spacial score (nSPS) is 13.8. The summed E-state index contributed by atoms with van der Waals surface area (Å²) >= 11 is 11.8. The third kappa shape index (κ3) is 3.45. The molecule has 0 aliphatic heterocycles. The minimum Gasteiger partial charge on any atom is -0.324 e. The third-order valence-electron chi connectivity index (χ3n) is 3.03. The molecule has 0 saturated heterocycles. The molecule has 1 aromatic carbocycles. The summed E-state index contributed by atoms with van der Waals surface area (Å²) in [4.78, 5) is 4.52. The van der Waals surface area contributed by atoms with Crippen molar-refractivity contribution in [1.82, 2.24) is 9.55 Å². The average Bonchev–Trinajstić information content (AvgIpc) is 2.64. The van der Waals surface area contributed by atoms with Crippen molar-refractivity contribution in [2.24, 2.45) is 0 Å². The van der Waals surface area contributed by atoms with E-state index in [0.717, 1.165) is 16.9 Å². The van der Waals surface area contributed by atoms with Crippen molar-refractivity contribution >= 4 is 44.1 Å². The quantitative estimate of drug-likeness (QED) is 0.789. The van der Waals surface area contributed by atoms with Gasteiger partial charge < -0.3 is 4.57 Å². The van der Waals surface area contributed by atoms with Gasteiger partial charge in [0.15, 0.2) is 0 Å². The van der Waals surface area contributed by atoms with Gasteiger partial charge in [-0.2, -0.15) is 0 Å². The summed E-state index contributed by atoms with van der Waals surface area (Å²) < 4.78 is 25.0. The molecule has 0 spiro atoms. The van der Waals surface area contributed by atoms with E-state index in [0.29, 0.717) is 17.3 Å². The Morgan fingerprint density at radius 3 is 2.70 bits per heavy atom. The maximum atomic E-state index is 11.5. The summed E-state index contributed by atoms with van der Waals surface area (Å²) in [6.45, 7) is 1.86. The molecule has 7 heteroatoms. The molecule has 1 heterocycles. The van der Waals surface area contributed by atoms with E-state index in [1.54, 1.807) is 12.1 Å². The first-order valence-electron chi connectivity index (χ1n) is 6.22. The molecule has 2 rings (SSSR count). The minimum atomic E-state index is -3.07. The number of benzene rings is 1. The van der Waals surface area contributed by atoms with E-state index in [1.807, 2.05) is 17.6 Å². The van der Waals surface area contributed by atoms with Crippen LogP contribution in [0.1, 0.15) is 18.8 Å². The largest absolute Gasteiger partial charge is 0.324 e. The molecule has 2 aromatic rings. The molecular formula is C13H16Cl2N2O2S. The molecular weight excluding hydrogens is 319 g/mol. The highest BCUT2D eigenvalue weighted by Crippen LogP contribution is 2.25. The Labute approximate surface area is 128 Å². The van der Waals surface area contributed by atoms with Gasteiger partial charge in [0.25, 0.3) is 0 Å². The van der Waals surface area contributed by atoms with Crippen molar-refractivity contribution in [3.63, 3.8) is 0 Å². The number of halogens is 2. The lowest BCUT2D eigenvalue weighted by Crippen LogP contribution is -2.18. The summed E-state index contributed by atoms with van der Waals surface area (Å²) in [5.41, 5.74) is 1.64. The van der Waals surface area contributed by atoms with Crippen LogP contribution in [0.15, 0.2) is 18.2 Å². The van der Waals surface area contributed by atoms with Crippen molar-refractivity contribution in [3.05, 3.63) is 29.0 Å². The Bertz CT molecular complexity index is 725. The van der Waals surface area contributed by atoms with Crippen LogP contribution in [0.2, 0.25) is 5.02 Å². The lowest BCUT2D eigenvalue weighted by atomic mass is 10.3. The predicted molar refractivity (Wildman–Crippen MR) is 83.6 cm³/mol. The van der Waals surface area contributed by atoms with Crippen molar-refractivity contribution < 1.29 is 8.42 Å². The van der Waals surface area contributed by atoms with Gasteiger partial charge in [-0.15, -0.1) is 11.6 Å². The second-order valence-electron chi connectivity index (χ2n) is 4.91. The highest BCUT2D eigenvalue weighted by atomic mass is 35.5. The summed E-state index contributed by atoms with van der Waals surface area (Å²) in [6.07, 6.45) is 1.82. The van der Waals surface area contributed by atoms with E-state index in [2.05, 4.69) is 4.98 Å². The van der Waals surface area contributed by atoms with Crippen molar-refractivity contribution in [1.29, 1.82) is 0 Å². The van der Waals surface area contributed by atoms with Crippen LogP contribution in [-0.2, 0) is 16.3 Å². The Morgan fingerprint density at radius 2 is 2.10 bits per heavy atom. The predicted octanol–water partition coefficient (Wildman–Crippen LogP) is 3.08. The van der Waals surface area contributed by atoms with Crippen LogP contribution in [0, 0.1) is 0 Å². The van der Waals surface area contributed by atoms with E-state index in [-0.39, 0.29) is 11.8 Å². The lowest BCUT2D eigenvalue weighted by Gasteiger charge is -2.16. The monoisotopic (exact) mass is 334 g/mol. The van der Waals surface area contributed by atoms with Gasteiger partial charge in [-0.25, -0.2) is 13.4 Å². The molecule has 1 aromatic heterocycles. The van der Waals surface area contributed by atoms with E-state index < -0.39 is 9.84 Å². The second kappa shape index (κ2) is 5.92. The number of aromatic nitrogens is 2. The molecule has 0 aliphatic rings. The second-order valence-corrected chi connectivity index (χ2v) is 7.91. The Hall–Kier alpha value is -0.780. The fourth-order valence-corrected chi connectivity index (χ4v) is 3.74. The van der Waals surface area contributed by atoms with E-state index in [1.165, 1.54) is 6.26 Å². The zero-order valence-electron chi connectivity index (χ0n) is 11.3. The number of aryl methyl sites for hydroxylation is 1. The minimum absolute atomic E-state index is 0.0558. The van der Waals surface area contributed by atoms with Gasteiger partial charge in [-0.05, 0) is 25.1 Å². The number of hydrogen-bond donors (Lipinski definition) is 0. The molecule has 0 radical (unpaired) electrons. The SMILES string of the molecule is CC(CS(C)(=O)=O)n1c(CCCl)nc2ccc(Cl)cc21. The van der Waals surface area contributed by atoms with Gasteiger partial charge in [0, 0.05) is 29.6 Å². The number of nitrogens with zero attached hydrogens (tertiary/aromatic N) is 2. The molecule has 0 saturated carbocycles. The van der Waals surface area contributed by atoms with E-state index in [9.17, 15) is 8.42 Å². The van der Waals surface area contributed by atoms with Crippen LogP contribution in [0.4, 0.5) is 0 Å². The topological polar surface area (TPSA) is 52.0 Å². The Morgan fingerprint density at radius 1 is 1.40 bits per heavy atom. The molecule has 20 heavy (non-hydrogen) atoms. The van der Waals surface area contributed by atoms with Crippen LogP contribution < -0.4 is 0 Å². The van der Waals surface area contributed by atoms with E-state index in [4.69, 9.17) is 23.2 Å². The first-order valence-corrected chi connectivity index (χ1v) is 9.19. The number of rotatable bonds is 5. The van der Waals surface area contributed by atoms with Crippen molar-refractivity contribution in [2.45, 2.75) is 19.4 Å². The van der Waals surface area contributed by atoms with Crippen LogP contribution in [-0.4, -0.2) is 35.9 Å². The highest BCUT2D eigenvalue weighted by molar-refractivity contribution is 7.90. The van der Waals surface area contributed by atoms with Gasteiger partial charge in [-0.1, -0.05) is 11.6 Å². The molecule has 0 fully saturated rings. The van der Waals surface area contributed by atoms with Gasteiger partial charge in [-0.3, -0.25) is 0 Å². The number of alkyl halides is 1.